The van der Waals surface area contributed by atoms with Crippen LogP contribution in [0.4, 0.5) is 0 Å². The van der Waals surface area contributed by atoms with Gasteiger partial charge in [-0.3, -0.25) is 0 Å². The molecule has 20 heavy (non-hydrogen) atoms. The SMILES string of the molecule is NC(CCCc1ccccc1)COc1cccc(Cl)c1. The first-order chi connectivity index (χ1) is 9.74. The van der Waals surface area contributed by atoms with E-state index < -0.39 is 0 Å². The van der Waals surface area contributed by atoms with Gasteiger partial charge in [-0.15, -0.1) is 0 Å². The Balaban J connectivity index is 1.67. The van der Waals surface area contributed by atoms with Crippen molar-refractivity contribution in [3.05, 3.63) is 65.2 Å². The van der Waals surface area contributed by atoms with Gasteiger partial charge in [-0.05, 0) is 43.0 Å². The molecule has 0 aliphatic heterocycles. The Kier molecular flexibility index (Phi) is 5.90. The van der Waals surface area contributed by atoms with Gasteiger partial charge in [-0.1, -0.05) is 48.0 Å². The van der Waals surface area contributed by atoms with Gasteiger partial charge < -0.3 is 10.5 Å². The molecule has 0 aliphatic carbocycles. The van der Waals surface area contributed by atoms with Crippen LogP contribution in [0.15, 0.2) is 54.6 Å². The second-order valence-corrected chi connectivity index (χ2v) is 5.34. The fraction of sp³-hybridized carbons (Fsp3) is 0.294. The van der Waals surface area contributed by atoms with Gasteiger partial charge in [0.15, 0.2) is 0 Å². The zero-order chi connectivity index (χ0) is 14.2. The summed E-state index contributed by atoms with van der Waals surface area (Å²) >= 11 is 5.90. The molecule has 0 aliphatic rings. The number of benzene rings is 2. The monoisotopic (exact) mass is 289 g/mol. The number of ether oxygens (including phenoxy) is 1. The van der Waals surface area contributed by atoms with E-state index in [1.807, 2.05) is 24.3 Å². The summed E-state index contributed by atoms with van der Waals surface area (Å²) in [5.41, 5.74) is 7.42. The van der Waals surface area contributed by atoms with Gasteiger partial charge in [0.2, 0.25) is 0 Å². The van der Waals surface area contributed by atoms with E-state index in [0.29, 0.717) is 11.6 Å². The lowest BCUT2D eigenvalue weighted by Gasteiger charge is -2.13. The van der Waals surface area contributed by atoms with Crippen LogP contribution in [0.5, 0.6) is 5.75 Å². The number of nitrogens with two attached hydrogens (primary N) is 1. The summed E-state index contributed by atoms with van der Waals surface area (Å²) in [4.78, 5) is 0. The van der Waals surface area contributed by atoms with Crippen LogP contribution in [-0.4, -0.2) is 12.6 Å². The van der Waals surface area contributed by atoms with Crippen molar-refractivity contribution < 1.29 is 4.74 Å². The summed E-state index contributed by atoms with van der Waals surface area (Å²) in [6.07, 6.45) is 3.09. The maximum atomic E-state index is 6.07. The lowest BCUT2D eigenvalue weighted by Crippen LogP contribution is -2.27. The summed E-state index contributed by atoms with van der Waals surface area (Å²) < 4.78 is 5.64. The normalized spacial score (nSPS) is 12.1. The number of hydrogen-bond acceptors (Lipinski definition) is 2. The average molecular weight is 290 g/mol. The molecule has 0 radical (unpaired) electrons. The summed E-state index contributed by atoms with van der Waals surface area (Å²) in [5.74, 6) is 0.774. The quantitative estimate of drug-likeness (QED) is 0.834. The third-order valence-electron chi connectivity index (χ3n) is 3.14. The smallest absolute Gasteiger partial charge is 0.120 e. The van der Waals surface area contributed by atoms with E-state index in [2.05, 4.69) is 24.3 Å². The van der Waals surface area contributed by atoms with Crippen LogP contribution >= 0.6 is 11.6 Å². The van der Waals surface area contributed by atoms with Crippen molar-refractivity contribution in [1.29, 1.82) is 0 Å². The van der Waals surface area contributed by atoms with Crippen molar-refractivity contribution in [2.45, 2.75) is 25.3 Å². The fourth-order valence-corrected chi connectivity index (χ4v) is 2.24. The Bertz CT molecular complexity index is 515. The van der Waals surface area contributed by atoms with Gasteiger partial charge in [0.25, 0.3) is 0 Å². The van der Waals surface area contributed by atoms with Crippen LogP contribution in [-0.2, 0) is 6.42 Å². The van der Waals surface area contributed by atoms with Gasteiger partial charge in [0.05, 0.1) is 0 Å². The molecule has 3 heteroatoms. The molecule has 0 spiro atoms. The van der Waals surface area contributed by atoms with Crippen LogP contribution in [0, 0.1) is 0 Å². The molecule has 0 saturated heterocycles. The summed E-state index contributed by atoms with van der Waals surface area (Å²) in [6.45, 7) is 0.523. The third-order valence-corrected chi connectivity index (χ3v) is 3.38. The highest BCUT2D eigenvalue weighted by Gasteiger charge is 2.04. The summed E-state index contributed by atoms with van der Waals surface area (Å²) in [5, 5.41) is 0.681. The molecule has 2 N–H and O–H groups in total. The van der Waals surface area contributed by atoms with Gasteiger partial charge in [-0.2, -0.15) is 0 Å². The van der Waals surface area contributed by atoms with Crippen LogP contribution in [0.1, 0.15) is 18.4 Å². The average Bonchev–Trinajstić information content (AvgIpc) is 2.46. The molecule has 0 amide bonds. The highest BCUT2D eigenvalue weighted by molar-refractivity contribution is 6.30. The van der Waals surface area contributed by atoms with Gasteiger partial charge in [-0.25, -0.2) is 0 Å². The van der Waals surface area contributed by atoms with Gasteiger partial charge >= 0.3 is 0 Å². The lowest BCUT2D eigenvalue weighted by molar-refractivity contribution is 0.280. The minimum Gasteiger partial charge on any atom is -0.492 e. The number of aryl methyl sites for hydroxylation is 1. The molecule has 0 bridgehead atoms. The van der Waals surface area contributed by atoms with E-state index in [0.717, 1.165) is 25.0 Å². The van der Waals surface area contributed by atoms with Crippen molar-refractivity contribution >= 4 is 11.6 Å². The van der Waals surface area contributed by atoms with Crippen LogP contribution in [0.3, 0.4) is 0 Å². The predicted octanol–water partition coefficient (Wildman–Crippen LogP) is 4.07. The zero-order valence-corrected chi connectivity index (χ0v) is 12.2. The lowest BCUT2D eigenvalue weighted by atomic mass is 10.1. The van der Waals surface area contributed by atoms with Crippen LogP contribution in [0.2, 0.25) is 5.02 Å². The first-order valence-corrected chi connectivity index (χ1v) is 7.30. The second kappa shape index (κ2) is 7.93. The standard InChI is InChI=1S/C17H20ClNO/c18-15-9-5-11-17(12-15)20-13-16(19)10-4-8-14-6-2-1-3-7-14/h1-3,5-7,9,11-12,16H,4,8,10,13,19H2. The molecule has 0 aromatic heterocycles. The van der Waals surface area contributed by atoms with Crippen molar-refractivity contribution in [2.24, 2.45) is 5.73 Å². The molecular formula is C17H20ClNO. The molecule has 2 nitrogen and oxygen atoms in total. The molecule has 0 heterocycles. The molecular weight excluding hydrogens is 270 g/mol. The Labute approximate surface area is 125 Å². The largest absolute Gasteiger partial charge is 0.492 e. The third kappa shape index (κ3) is 5.24. The van der Waals surface area contributed by atoms with Crippen LogP contribution in [0.25, 0.3) is 0 Å². The minimum atomic E-state index is 0.0534. The maximum absolute atomic E-state index is 6.07. The number of halogens is 1. The second-order valence-electron chi connectivity index (χ2n) is 4.91. The number of rotatable bonds is 7. The maximum Gasteiger partial charge on any atom is 0.120 e. The van der Waals surface area contributed by atoms with Crippen molar-refractivity contribution in [3.8, 4) is 5.75 Å². The van der Waals surface area contributed by atoms with Crippen molar-refractivity contribution in [2.75, 3.05) is 6.61 Å². The molecule has 2 aromatic rings. The Morgan fingerprint density at radius 3 is 2.60 bits per heavy atom. The molecule has 0 fully saturated rings. The molecule has 1 atom stereocenters. The van der Waals surface area contributed by atoms with E-state index in [1.54, 1.807) is 6.07 Å². The van der Waals surface area contributed by atoms with E-state index in [-0.39, 0.29) is 6.04 Å². The van der Waals surface area contributed by atoms with Crippen molar-refractivity contribution in [3.63, 3.8) is 0 Å². The fourth-order valence-electron chi connectivity index (χ4n) is 2.06. The Morgan fingerprint density at radius 1 is 1.05 bits per heavy atom. The van der Waals surface area contributed by atoms with E-state index in [4.69, 9.17) is 22.1 Å². The first kappa shape index (κ1) is 14.9. The van der Waals surface area contributed by atoms with Crippen molar-refractivity contribution in [1.82, 2.24) is 0 Å². The summed E-state index contributed by atoms with van der Waals surface area (Å²) in [6, 6.07) is 17.9. The first-order valence-electron chi connectivity index (χ1n) is 6.92. The molecule has 2 aromatic carbocycles. The predicted molar refractivity (Wildman–Crippen MR) is 84.3 cm³/mol. The van der Waals surface area contributed by atoms with Gasteiger partial charge in [0, 0.05) is 11.1 Å². The minimum absolute atomic E-state index is 0.0534. The molecule has 1 unspecified atom stereocenters. The molecule has 0 saturated carbocycles. The Morgan fingerprint density at radius 2 is 1.85 bits per heavy atom. The van der Waals surface area contributed by atoms with Crippen LogP contribution < -0.4 is 10.5 Å². The highest BCUT2D eigenvalue weighted by Crippen LogP contribution is 2.17. The van der Waals surface area contributed by atoms with E-state index >= 15 is 0 Å². The Hall–Kier alpha value is -1.51. The number of hydrogen-bond donors (Lipinski definition) is 1. The van der Waals surface area contributed by atoms with E-state index in [9.17, 15) is 0 Å². The van der Waals surface area contributed by atoms with Gasteiger partial charge in [0.1, 0.15) is 12.4 Å². The van der Waals surface area contributed by atoms with E-state index in [1.165, 1.54) is 5.56 Å². The molecule has 2 rings (SSSR count). The summed E-state index contributed by atoms with van der Waals surface area (Å²) in [7, 11) is 0. The highest BCUT2D eigenvalue weighted by atomic mass is 35.5. The topological polar surface area (TPSA) is 35.2 Å². The zero-order valence-electron chi connectivity index (χ0n) is 11.5. The molecule has 106 valence electrons.